The Morgan fingerprint density at radius 1 is 1.18 bits per heavy atom. The van der Waals surface area contributed by atoms with Crippen LogP contribution in [0.25, 0.3) is 0 Å². The molecule has 1 aliphatic carbocycles. The first-order chi connectivity index (χ1) is 10.7. The van der Waals surface area contributed by atoms with E-state index in [1.54, 1.807) is 4.90 Å². The van der Waals surface area contributed by atoms with Crippen molar-refractivity contribution in [2.45, 2.75) is 71.8 Å². The highest BCUT2D eigenvalue weighted by molar-refractivity contribution is 5.65. The summed E-state index contributed by atoms with van der Waals surface area (Å²) in [4.78, 5) is 13.1. The third-order valence-electron chi connectivity index (χ3n) is 4.37. The van der Waals surface area contributed by atoms with Gasteiger partial charge in [0.2, 0.25) is 0 Å². The number of amides is 1. The first-order valence-electron chi connectivity index (χ1n) is 8.72. The van der Waals surface area contributed by atoms with E-state index < -0.39 is 6.09 Å². The maximum Gasteiger partial charge on any atom is 0.407 e. The molecule has 1 aromatic carbocycles. The molecule has 124 valence electrons. The fourth-order valence-electron chi connectivity index (χ4n) is 3.16. The van der Waals surface area contributed by atoms with E-state index in [9.17, 15) is 9.90 Å². The van der Waals surface area contributed by atoms with Gasteiger partial charge in [-0.15, -0.1) is 0 Å². The second kappa shape index (κ2) is 10.3. The molecule has 0 spiro atoms. The average molecular weight is 305 g/mol. The van der Waals surface area contributed by atoms with Crippen LogP contribution in [0, 0.1) is 6.92 Å². The summed E-state index contributed by atoms with van der Waals surface area (Å²) >= 11 is 0. The highest BCUT2D eigenvalue weighted by Gasteiger charge is 2.24. The van der Waals surface area contributed by atoms with E-state index in [0.29, 0.717) is 6.54 Å². The molecular formula is C19H31NO2. The van der Waals surface area contributed by atoms with E-state index >= 15 is 0 Å². The monoisotopic (exact) mass is 305 g/mol. The number of aryl methyl sites for hydroxylation is 2. The van der Waals surface area contributed by atoms with E-state index in [0.717, 1.165) is 25.7 Å². The van der Waals surface area contributed by atoms with Gasteiger partial charge in [-0.25, -0.2) is 4.79 Å². The second-order valence-electron chi connectivity index (χ2n) is 5.80. The molecule has 1 aliphatic rings. The summed E-state index contributed by atoms with van der Waals surface area (Å²) in [6.45, 7) is 6.78. The number of hydrogen-bond donors (Lipinski definition) is 1. The SMILES string of the molecule is CC.Cc1ccccc1CCCN(C(=O)O)C1CCCCC1. The van der Waals surface area contributed by atoms with Crippen LogP contribution in [0.5, 0.6) is 0 Å². The molecule has 1 aromatic rings. The third kappa shape index (κ3) is 5.70. The molecule has 0 unspecified atom stereocenters. The van der Waals surface area contributed by atoms with E-state index in [4.69, 9.17) is 0 Å². The summed E-state index contributed by atoms with van der Waals surface area (Å²) in [6, 6.07) is 8.60. The van der Waals surface area contributed by atoms with Gasteiger partial charge < -0.3 is 10.0 Å². The van der Waals surface area contributed by atoms with Gasteiger partial charge in [-0.2, -0.15) is 0 Å². The molecule has 0 atom stereocenters. The summed E-state index contributed by atoms with van der Waals surface area (Å²) in [7, 11) is 0. The van der Waals surface area contributed by atoms with Gasteiger partial charge in [0, 0.05) is 12.6 Å². The minimum absolute atomic E-state index is 0.248. The van der Waals surface area contributed by atoms with Gasteiger partial charge in [0.25, 0.3) is 0 Å². The van der Waals surface area contributed by atoms with E-state index in [2.05, 4.69) is 25.1 Å². The van der Waals surface area contributed by atoms with Crippen molar-refractivity contribution in [3.8, 4) is 0 Å². The molecule has 0 heterocycles. The molecule has 0 radical (unpaired) electrons. The fourth-order valence-corrected chi connectivity index (χ4v) is 3.16. The van der Waals surface area contributed by atoms with Gasteiger partial charge in [0.1, 0.15) is 0 Å². The zero-order chi connectivity index (χ0) is 16.4. The van der Waals surface area contributed by atoms with Crippen LogP contribution < -0.4 is 0 Å². The Morgan fingerprint density at radius 2 is 1.82 bits per heavy atom. The summed E-state index contributed by atoms with van der Waals surface area (Å²) < 4.78 is 0. The third-order valence-corrected chi connectivity index (χ3v) is 4.37. The molecule has 3 nitrogen and oxygen atoms in total. The Morgan fingerprint density at radius 3 is 2.41 bits per heavy atom. The number of hydrogen-bond acceptors (Lipinski definition) is 1. The second-order valence-corrected chi connectivity index (χ2v) is 5.80. The topological polar surface area (TPSA) is 40.5 Å². The zero-order valence-electron chi connectivity index (χ0n) is 14.3. The Hall–Kier alpha value is -1.51. The number of nitrogens with zero attached hydrogens (tertiary/aromatic N) is 1. The van der Waals surface area contributed by atoms with Crippen LogP contribution >= 0.6 is 0 Å². The number of carboxylic acid groups (broad SMARTS) is 1. The van der Waals surface area contributed by atoms with Crippen LogP contribution in [-0.4, -0.2) is 28.7 Å². The van der Waals surface area contributed by atoms with Gasteiger partial charge >= 0.3 is 6.09 Å². The maximum absolute atomic E-state index is 11.4. The van der Waals surface area contributed by atoms with Crippen molar-refractivity contribution in [2.24, 2.45) is 0 Å². The van der Waals surface area contributed by atoms with Gasteiger partial charge in [-0.05, 0) is 43.7 Å². The molecule has 3 heteroatoms. The number of carbonyl (C=O) groups is 1. The molecule has 0 bridgehead atoms. The Balaban J connectivity index is 0.00000116. The van der Waals surface area contributed by atoms with E-state index in [1.165, 1.54) is 30.4 Å². The molecule has 1 N–H and O–H groups in total. The van der Waals surface area contributed by atoms with Crippen molar-refractivity contribution < 1.29 is 9.90 Å². The quantitative estimate of drug-likeness (QED) is 0.805. The standard InChI is InChI=1S/C17H25NO2.C2H6/c1-14-8-5-6-9-15(14)10-7-13-18(17(19)20)16-11-3-2-4-12-16;1-2/h5-6,8-9,16H,2-4,7,10-13H2,1H3,(H,19,20);1-2H3. The molecule has 22 heavy (non-hydrogen) atoms. The lowest BCUT2D eigenvalue weighted by molar-refractivity contribution is 0.110. The van der Waals surface area contributed by atoms with Crippen LogP contribution in [0.2, 0.25) is 0 Å². The summed E-state index contributed by atoms with van der Waals surface area (Å²) in [6.07, 6.45) is 6.80. The Kier molecular flexibility index (Phi) is 8.64. The Labute approximate surface area is 135 Å². The van der Waals surface area contributed by atoms with Gasteiger partial charge in [0.05, 0.1) is 0 Å². The summed E-state index contributed by atoms with van der Waals surface area (Å²) in [5, 5.41) is 9.40. The fraction of sp³-hybridized carbons (Fsp3) is 0.632. The molecule has 0 aliphatic heterocycles. The van der Waals surface area contributed by atoms with Crippen LogP contribution in [0.1, 0.15) is 63.5 Å². The predicted molar refractivity (Wildman–Crippen MR) is 92.5 cm³/mol. The van der Waals surface area contributed by atoms with E-state index in [-0.39, 0.29) is 6.04 Å². The first-order valence-corrected chi connectivity index (χ1v) is 8.72. The molecule has 1 fully saturated rings. The smallest absolute Gasteiger partial charge is 0.407 e. The van der Waals surface area contributed by atoms with Crippen molar-refractivity contribution in [2.75, 3.05) is 6.54 Å². The van der Waals surface area contributed by atoms with Crippen molar-refractivity contribution in [1.29, 1.82) is 0 Å². The van der Waals surface area contributed by atoms with Crippen LogP contribution in [0.4, 0.5) is 4.79 Å². The number of rotatable bonds is 5. The van der Waals surface area contributed by atoms with Gasteiger partial charge in [-0.1, -0.05) is 57.4 Å². The lowest BCUT2D eigenvalue weighted by atomic mass is 9.94. The first kappa shape index (κ1) is 18.5. The maximum atomic E-state index is 11.4. The molecule has 2 rings (SSSR count). The largest absolute Gasteiger partial charge is 0.465 e. The van der Waals surface area contributed by atoms with E-state index in [1.807, 2.05) is 19.9 Å². The molecular weight excluding hydrogens is 274 g/mol. The molecule has 0 saturated heterocycles. The number of benzene rings is 1. The molecule has 1 saturated carbocycles. The zero-order valence-corrected chi connectivity index (χ0v) is 14.3. The lowest BCUT2D eigenvalue weighted by Crippen LogP contribution is -2.41. The van der Waals surface area contributed by atoms with Crippen LogP contribution in [0.3, 0.4) is 0 Å². The van der Waals surface area contributed by atoms with Crippen molar-refractivity contribution >= 4 is 6.09 Å². The van der Waals surface area contributed by atoms with Crippen molar-refractivity contribution in [3.05, 3.63) is 35.4 Å². The minimum atomic E-state index is -0.748. The van der Waals surface area contributed by atoms with Crippen molar-refractivity contribution in [3.63, 3.8) is 0 Å². The van der Waals surface area contributed by atoms with Gasteiger partial charge in [-0.3, -0.25) is 0 Å². The molecule has 0 aromatic heterocycles. The van der Waals surface area contributed by atoms with Crippen molar-refractivity contribution in [1.82, 2.24) is 4.90 Å². The van der Waals surface area contributed by atoms with Gasteiger partial charge in [0.15, 0.2) is 0 Å². The lowest BCUT2D eigenvalue weighted by Gasteiger charge is -2.32. The predicted octanol–water partition coefficient (Wildman–Crippen LogP) is 5.27. The van der Waals surface area contributed by atoms with Crippen LogP contribution in [0.15, 0.2) is 24.3 Å². The highest BCUT2D eigenvalue weighted by Crippen LogP contribution is 2.23. The average Bonchev–Trinajstić information content (AvgIpc) is 2.55. The summed E-state index contributed by atoms with van der Waals surface area (Å²) in [5.74, 6) is 0. The minimum Gasteiger partial charge on any atom is -0.465 e. The van der Waals surface area contributed by atoms with Crippen LogP contribution in [-0.2, 0) is 6.42 Å². The molecule has 1 amide bonds. The highest BCUT2D eigenvalue weighted by atomic mass is 16.4. The normalized spacial score (nSPS) is 14.9. The Bertz CT molecular complexity index is 439. The summed E-state index contributed by atoms with van der Waals surface area (Å²) in [5.41, 5.74) is 2.63.